The van der Waals surface area contributed by atoms with E-state index in [1.807, 2.05) is 12.3 Å². The van der Waals surface area contributed by atoms with E-state index in [4.69, 9.17) is 5.73 Å². The van der Waals surface area contributed by atoms with Gasteiger partial charge in [0.1, 0.15) is 0 Å². The number of fused-ring (bicyclic) bond motifs is 1. The van der Waals surface area contributed by atoms with Crippen molar-refractivity contribution in [3.63, 3.8) is 0 Å². The minimum Gasteiger partial charge on any atom is -0.371 e. The number of nitrogens with zero attached hydrogens (tertiary/aromatic N) is 2. The van der Waals surface area contributed by atoms with Crippen LogP contribution in [0.4, 0.5) is 5.69 Å². The monoisotopic (exact) mass is 349 g/mol. The van der Waals surface area contributed by atoms with Crippen molar-refractivity contribution < 1.29 is 0 Å². The van der Waals surface area contributed by atoms with E-state index in [-0.39, 0.29) is 0 Å². The molecule has 3 rings (SSSR count). The highest BCUT2D eigenvalue weighted by Gasteiger charge is 2.17. The van der Waals surface area contributed by atoms with Gasteiger partial charge in [-0.3, -0.25) is 4.99 Å². The minimum absolute atomic E-state index is 0.535. The number of rotatable bonds is 3. The van der Waals surface area contributed by atoms with Gasteiger partial charge in [-0.25, -0.2) is 0 Å². The van der Waals surface area contributed by atoms with Crippen LogP contribution in [0.3, 0.4) is 0 Å². The topological polar surface area (TPSA) is 41.6 Å². The summed E-state index contributed by atoms with van der Waals surface area (Å²) in [7, 11) is 0. The van der Waals surface area contributed by atoms with Gasteiger partial charge in [0, 0.05) is 35.7 Å². The molecule has 0 aliphatic carbocycles. The first-order chi connectivity index (χ1) is 10.2. The number of benzene rings is 1. The second-order valence-electron chi connectivity index (χ2n) is 5.41. The maximum Gasteiger partial charge on any atom is 0.0410 e. The maximum absolute atomic E-state index is 5.39. The molecule has 0 fully saturated rings. The molecule has 0 saturated carbocycles. The molecule has 1 unspecified atom stereocenters. The van der Waals surface area contributed by atoms with Gasteiger partial charge < -0.3 is 10.6 Å². The molecule has 0 amide bonds. The molecule has 1 atom stereocenters. The van der Waals surface area contributed by atoms with E-state index in [1.54, 1.807) is 6.20 Å². The first-order valence-electron chi connectivity index (χ1n) is 7.66. The van der Waals surface area contributed by atoms with E-state index >= 15 is 0 Å². The third kappa shape index (κ3) is 4.68. The normalized spacial score (nSPS) is 19.2. The van der Waals surface area contributed by atoms with Crippen molar-refractivity contribution in [1.29, 1.82) is 0 Å². The van der Waals surface area contributed by atoms with Crippen molar-refractivity contribution in [3.8, 4) is 0 Å². The van der Waals surface area contributed by atoms with E-state index in [1.165, 1.54) is 41.7 Å². The molecule has 21 heavy (non-hydrogen) atoms. The summed E-state index contributed by atoms with van der Waals surface area (Å²) in [5.74, 6) is 0.535. The Labute approximate surface area is 136 Å². The molecule has 1 aromatic carbocycles. The molecule has 4 heteroatoms. The van der Waals surface area contributed by atoms with Gasteiger partial charge in [0.05, 0.1) is 0 Å². The van der Waals surface area contributed by atoms with E-state index in [9.17, 15) is 0 Å². The quantitative estimate of drug-likeness (QED) is 0.902. The summed E-state index contributed by atoms with van der Waals surface area (Å²) >= 11 is 3.52. The summed E-state index contributed by atoms with van der Waals surface area (Å²) in [4.78, 5) is 6.39. The second-order valence-corrected chi connectivity index (χ2v) is 6.33. The average molecular weight is 350 g/mol. The Hall–Kier alpha value is -1.13. The summed E-state index contributed by atoms with van der Waals surface area (Å²) in [6.45, 7) is 5.35. The minimum atomic E-state index is 0.535. The standard InChI is InChI=1S/C11H14BrN.C6H10N2/c1-2-6-13-7-5-9-3-4-10(12)8-11(9)13;7-5-6-1-3-8-4-2-6/h3-4,8H,2,5-7H2,1H3;1,3-4,6H,2,5,7H2. The Kier molecular flexibility index (Phi) is 6.46. The highest BCUT2D eigenvalue weighted by molar-refractivity contribution is 9.10. The number of nitrogens with two attached hydrogens (primary N) is 1. The first kappa shape index (κ1) is 16.2. The fraction of sp³-hybridized carbons (Fsp3) is 0.471. The molecule has 2 aliphatic heterocycles. The van der Waals surface area contributed by atoms with Gasteiger partial charge in [0.15, 0.2) is 0 Å². The van der Waals surface area contributed by atoms with E-state index < -0.39 is 0 Å². The molecule has 3 nitrogen and oxygen atoms in total. The third-order valence-corrected chi connectivity index (χ3v) is 4.29. The van der Waals surface area contributed by atoms with Crippen molar-refractivity contribution in [1.82, 2.24) is 0 Å². The lowest BCUT2D eigenvalue weighted by atomic mass is 10.1. The van der Waals surface area contributed by atoms with Crippen molar-refractivity contribution in [2.75, 3.05) is 24.5 Å². The van der Waals surface area contributed by atoms with Crippen molar-refractivity contribution in [2.45, 2.75) is 26.2 Å². The van der Waals surface area contributed by atoms with E-state index in [2.05, 4.69) is 50.9 Å². The summed E-state index contributed by atoms with van der Waals surface area (Å²) in [6, 6.07) is 6.60. The molecule has 114 valence electrons. The summed E-state index contributed by atoms with van der Waals surface area (Å²) < 4.78 is 1.19. The predicted molar refractivity (Wildman–Crippen MR) is 95.1 cm³/mol. The van der Waals surface area contributed by atoms with Gasteiger partial charge in [0.2, 0.25) is 0 Å². The van der Waals surface area contributed by atoms with Crippen LogP contribution in [0.1, 0.15) is 25.3 Å². The zero-order valence-electron chi connectivity index (χ0n) is 12.6. The van der Waals surface area contributed by atoms with Gasteiger partial charge in [0.25, 0.3) is 0 Å². The number of anilines is 1. The Morgan fingerprint density at radius 3 is 2.90 bits per heavy atom. The highest BCUT2D eigenvalue weighted by atomic mass is 79.9. The zero-order valence-corrected chi connectivity index (χ0v) is 14.2. The lowest BCUT2D eigenvalue weighted by molar-refractivity contribution is 0.691. The van der Waals surface area contributed by atoms with Crippen LogP contribution in [-0.4, -0.2) is 25.8 Å². The smallest absolute Gasteiger partial charge is 0.0410 e. The fourth-order valence-electron chi connectivity index (χ4n) is 2.60. The Morgan fingerprint density at radius 1 is 1.43 bits per heavy atom. The van der Waals surface area contributed by atoms with Crippen LogP contribution in [0, 0.1) is 5.92 Å². The number of hydrogen-bond donors (Lipinski definition) is 1. The third-order valence-electron chi connectivity index (χ3n) is 3.79. The van der Waals surface area contributed by atoms with E-state index in [0.29, 0.717) is 5.92 Å². The largest absolute Gasteiger partial charge is 0.371 e. The molecule has 0 radical (unpaired) electrons. The van der Waals surface area contributed by atoms with Crippen LogP contribution in [-0.2, 0) is 6.42 Å². The lowest BCUT2D eigenvalue weighted by Gasteiger charge is -2.18. The molecule has 1 aromatic rings. The van der Waals surface area contributed by atoms with Crippen LogP contribution in [0.2, 0.25) is 0 Å². The highest BCUT2D eigenvalue weighted by Crippen LogP contribution is 2.30. The van der Waals surface area contributed by atoms with Gasteiger partial charge >= 0.3 is 0 Å². The first-order valence-corrected chi connectivity index (χ1v) is 8.45. The molecular formula is C17H24BrN3. The maximum atomic E-state index is 5.39. The van der Waals surface area contributed by atoms with Crippen LogP contribution < -0.4 is 10.6 Å². The molecule has 0 aromatic heterocycles. The molecule has 2 aliphatic rings. The van der Waals surface area contributed by atoms with Crippen LogP contribution in [0.15, 0.2) is 39.9 Å². The summed E-state index contributed by atoms with van der Waals surface area (Å²) in [5, 5.41) is 0. The molecular weight excluding hydrogens is 326 g/mol. The van der Waals surface area contributed by atoms with E-state index in [0.717, 1.165) is 13.0 Å². The molecule has 2 heterocycles. The number of aliphatic imine (C=N–C) groups is 1. The van der Waals surface area contributed by atoms with Gasteiger partial charge in [-0.1, -0.05) is 35.0 Å². The summed E-state index contributed by atoms with van der Waals surface area (Å²) in [6.07, 6.45) is 9.19. The van der Waals surface area contributed by atoms with Crippen LogP contribution in [0.25, 0.3) is 0 Å². The molecule has 0 saturated heterocycles. The molecule has 0 bridgehead atoms. The van der Waals surface area contributed by atoms with Crippen molar-refractivity contribution >= 4 is 27.8 Å². The zero-order chi connectivity index (χ0) is 15.1. The second kappa shape index (κ2) is 8.35. The predicted octanol–water partition coefficient (Wildman–Crippen LogP) is 3.77. The molecule has 0 spiro atoms. The van der Waals surface area contributed by atoms with Gasteiger partial charge in [-0.2, -0.15) is 0 Å². The summed E-state index contributed by atoms with van der Waals surface area (Å²) in [5.41, 5.74) is 8.31. The van der Waals surface area contributed by atoms with Crippen LogP contribution in [0.5, 0.6) is 0 Å². The average Bonchev–Trinajstić information content (AvgIpc) is 2.92. The van der Waals surface area contributed by atoms with Crippen molar-refractivity contribution in [2.24, 2.45) is 16.6 Å². The lowest BCUT2D eigenvalue weighted by Crippen LogP contribution is -2.20. The Morgan fingerprint density at radius 2 is 2.29 bits per heavy atom. The van der Waals surface area contributed by atoms with Gasteiger partial charge in [-0.15, -0.1) is 0 Å². The Balaban J connectivity index is 0.000000173. The van der Waals surface area contributed by atoms with Crippen molar-refractivity contribution in [3.05, 3.63) is 40.5 Å². The SMILES string of the molecule is CCCN1CCc2ccc(Br)cc21.NCC1C=CN=CC1. The van der Waals surface area contributed by atoms with Crippen LogP contribution >= 0.6 is 15.9 Å². The number of halogens is 1. The Bertz CT molecular complexity index is 509. The van der Waals surface area contributed by atoms with Gasteiger partial charge in [-0.05, 0) is 49.4 Å². The molecule has 2 N–H and O–H groups in total. The number of hydrogen-bond acceptors (Lipinski definition) is 3. The fourth-order valence-corrected chi connectivity index (χ4v) is 2.95.